The van der Waals surface area contributed by atoms with Gasteiger partial charge in [0.2, 0.25) is 5.88 Å². The molecule has 1 aromatic heterocycles. The zero-order valence-electron chi connectivity index (χ0n) is 5.72. The minimum atomic E-state index is 0.00463. The molecule has 3 nitrogen and oxygen atoms in total. The van der Waals surface area contributed by atoms with Gasteiger partial charge in [0.25, 0.3) is 0 Å². The molecule has 0 aliphatic heterocycles. The molecule has 0 fully saturated rings. The fraction of sp³-hybridized carbons (Fsp3) is 0.333. The molecule has 0 unspecified atom stereocenters. The first kappa shape index (κ1) is 7.47. The molecule has 0 aliphatic rings. The van der Waals surface area contributed by atoms with Crippen molar-refractivity contribution in [2.75, 3.05) is 0 Å². The summed E-state index contributed by atoms with van der Waals surface area (Å²) in [5.41, 5.74) is 0.755. The molecule has 0 atom stereocenters. The van der Waals surface area contributed by atoms with Gasteiger partial charge in [-0.05, 0) is 29.8 Å². The molecule has 0 amide bonds. The molecule has 1 rings (SSSR count). The summed E-state index contributed by atoms with van der Waals surface area (Å²) in [4.78, 5) is 7.75. The van der Waals surface area contributed by atoms with Crippen LogP contribution >= 0.6 is 15.9 Å². The van der Waals surface area contributed by atoms with Crippen molar-refractivity contribution in [3.05, 3.63) is 16.0 Å². The van der Waals surface area contributed by atoms with Gasteiger partial charge in [-0.3, -0.25) is 0 Å². The molecule has 1 N–H and O–H groups in total. The van der Waals surface area contributed by atoms with Crippen molar-refractivity contribution in [2.24, 2.45) is 0 Å². The van der Waals surface area contributed by atoms with Crippen LogP contribution < -0.4 is 0 Å². The van der Waals surface area contributed by atoms with E-state index in [4.69, 9.17) is 5.11 Å². The Morgan fingerprint density at radius 3 is 2.40 bits per heavy atom. The van der Waals surface area contributed by atoms with Crippen molar-refractivity contribution in [1.29, 1.82) is 0 Å². The van der Waals surface area contributed by atoms with E-state index < -0.39 is 0 Å². The molecule has 0 aliphatic carbocycles. The summed E-state index contributed by atoms with van der Waals surface area (Å²) < 4.78 is 0.568. The number of aryl methyl sites for hydroxylation is 2. The predicted molar refractivity (Wildman–Crippen MR) is 40.9 cm³/mol. The third kappa shape index (κ3) is 1.26. The van der Waals surface area contributed by atoms with Crippen LogP contribution in [-0.2, 0) is 0 Å². The average Bonchev–Trinajstić information content (AvgIpc) is 1.82. The zero-order valence-corrected chi connectivity index (χ0v) is 7.31. The van der Waals surface area contributed by atoms with Gasteiger partial charge in [0, 0.05) is 0 Å². The third-order valence-corrected chi connectivity index (χ3v) is 2.04. The molecule has 0 aromatic carbocycles. The van der Waals surface area contributed by atoms with E-state index in [0.717, 1.165) is 5.69 Å². The first-order valence-electron chi connectivity index (χ1n) is 2.81. The Morgan fingerprint density at radius 2 is 1.90 bits per heavy atom. The van der Waals surface area contributed by atoms with Crippen LogP contribution in [0.5, 0.6) is 5.88 Å². The Hall–Kier alpha value is -0.640. The summed E-state index contributed by atoms with van der Waals surface area (Å²) in [6, 6.07) is 0. The van der Waals surface area contributed by atoms with Crippen molar-refractivity contribution in [3.63, 3.8) is 0 Å². The van der Waals surface area contributed by atoms with Crippen LogP contribution in [0.4, 0.5) is 0 Å². The summed E-state index contributed by atoms with van der Waals surface area (Å²) in [6.07, 6.45) is 0. The quantitative estimate of drug-likeness (QED) is 0.695. The lowest BCUT2D eigenvalue weighted by atomic mass is 10.4. The van der Waals surface area contributed by atoms with Gasteiger partial charge in [-0.15, -0.1) is 0 Å². The molecule has 0 bridgehead atoms. The maximum atomic E-state index is 9.08. The number of aromatic nitrogens is 2. The molecular weight excluding hydrogens is 196 g/mol. The lowest BCUT2D eigenvalue weighted by Gasteiger charge is -1.99. The zero-order chi connectivity index (χ0) is 7.72. The van der Waals surface area contributed by atoms with Gasteiger partial charge in [0.1, 0.15) is 10.3 Å². The molecule has 0 saturated heterocycles. The minimum absolute atomic E-state index is 0.00463. The van der Waals surface area contributed by atoms with Crippen LogP contribution in [0.15, 0.2) is 4.47 Å². The highest BCUT2D eigenvalue weighted by atomic mass is 79.9. The first-order valence-corrected chi connectivity index (χ1v) is 3.60. The normalized spacial score (nSPS) is 9.90. The van der Waals surface area contributed by atoms with Gasteiger partial charge in [-0.25, -0.2) is 4.98 Å². The van der Waals surface area contributed by atoms with E-state index in [2.05, 4.69) is 25.9 Å². The van der Waals surface area contributed by atoms with Gasteiger partial charge < -0.3 is 5.11 Å². The summed E-state index contributed by atoms with van der Waals surface area (Å²) >= 11 is 3.14. The maximum absolute atomic E-state index is 9.08. The van der Waals surface area contributed by atoms with E-state index in [-0.39, 0.29) is 5.88 Å². The molecular formula is C6H7BrN2O. The minimum Gasteiger partial charge on any atom is -0.492 e. The van der Waals surface area contributed by atoms with Crippen molar-refractivity contribution in [2.45, 2.75) is 13.8 Å². The number of hydrogen-bond acceptors (Lipinski definition) is 3. The largest absolute Gasteiger partial charge is 0.492 e. The molecule has 1 heterocycles. The van der Waals surface area contributed by atoms with Gasteiger partial charge in [0.05, 0.1) is 5.69 Å². The highest BCUT2D eigenvalue weighted by Crippen LogP contribution is 2.22. The summed E-state index contributed by atoms with van der Waals surface area (Å²) in [5.74, 6) is 0.586. The van der Waals surface area contributed by atoms with E-state index in [1.807, 2.05) is 0 Å². The van der Waals surface area contributed by atoms with Gasteiger partial charge in [-0.1, -0.05) is 0 Å². The van der Waals surface area contributed by atoms with Crippen LogP contribution in [0.25, 0.3) is 0 Å². The van der Waals surface area contributed by atoms with Crippen molar-refractivity contribution in [3.8, 4) is 5.88 Å². The highest BCUT2D eigenvalue weighted by Gasteiger charge is 2.03. The molecule has 4 heteroatoms. The fourth-order valence-corrected chi connectivity index (χ4v) is 0.858. The van der Waals surface area contributed by atoms with Crippen LogP contribution in [0, 0.1) is 13.8 Å². The van der Waals surface area contributed by atoms with E-state index in [1.165, 1.54) is 0 Å². The van der Waals surface area contributed by atoms with Crippen LogP contribution in [-0.4, -0.2) is 15.1 Å². The second kappa shape index (κ2) is 2.54. The highest BCUT2D eigenvalue weighted by molar-refractivity contribution is 9.10. The fourth-order valence-electron chi connectivity index (χ4n) is 0.681. The van der Waals surface area contributed by atoms with E-state index in [1.54, 1.807) is 13.8 Å². The smallest absolute Gasteiger partial charge is 0.229 e. The Labute approximate surface area is 67.3 Å². The van der Waals surface area contributed by atoms with Crippen molar-refractivity contribution in [1.82, 2.24) is 9.97 Å². The monoisotopic (exact) mass is 202 g/mol. The topological polar surface area (TPSA) is 46.0 Å². The Balaban J connectivity index is 3.31. The summed E-state index contributed by atoms with van der Waals surface area (Å²) in [5, 5.41) is 9.08. The molecule has 0 saturated carbocycles. The SMILES string of the molecule is Cc1nc(C)c(Br)c(O)n1. The lowest BCUT2D eigenvalue weighted by Crippen LogP contribution is -1.91. The number of rotatable bonds is 0. The third-order valence-electron chi connectivity index (χ3n) is 1.11. The van der Waals surface area contributed by atoms with Gasteiger partial charge in [-0.2, -0.15) is 4.98 Å². The van der Waals surface area contributed by atoms with Gasteiger partial charge in [0.15, 0.2) is 0 Å². The summed E-state index contributed by atoms with van der Waals surface area (Å²) in [6.45, 7) is 3.54. The maximum Gasteiger partial charge on any atom is 0.229 e. The number of hydrogen-bond donors (Lipinski definition) is 1. The standard InChI is InChI=1S/C6H7BrN2O/c1-3-5(7)6(10)9-4(2)8-3/h1-2H3,(H,8,9,10). The van der Waals surface area contributed by atoms with Crippen molar-refractivity contribution >= 4 is 15.9 Å². The Bertz CT molecular complexity index is 239. The number of halogens is 1. The number of aromatic hydroxyl groups is 1. The van der Waals surface area contributed by atoms with Crippen LogP contribution in [0.1, 0.15) is 11.5 Å². The first-order chi connectivity index (χ1) is 4.61. The van der Waals surface area contributed by atoms with Crippen molar-refractivity contribution < 1.29 is 5.11 Å². The molecule has 0 radical (unpaired) electrons. The molecule has 54 valence electrons. The second-order valence-corrected chi connectivity index (χ2v) is 2.79. The molecule has 0 spiro atoms. The lowest BCUT2D eigenvalue weighted by molar-refractivity contribution is 0.445. The van der Waals surface area contributed by atoms with E-state index in [9.17, 15) is 0 Å². The number of nitrogens with zero attached hydrogens (tertiary/aromatic N) is 2. The van der Waals surface area contributed by atoms with Gasteiger partial charge >= 0.3 is 0 Å². The average molecular weight is 203 g/mol. The Kier molecular flexibility index (Phi) is 1.89. The van der Waals surface area contributed by atoms with Crippen LogP contribution in [0.3, 0.4) is 0 Å². The van der Waals surface area contributed by atoms with E-state index >= 15 is 0 Å². The van der Waals surface area contributed by atoms with Crippen LogP contribution in [0.2, 0.25) is 0 Å². The molecule has 1 aromatic rings. The predicted octanol–water partition coefficient (Wildman–Crippen LogP) is 1.56. The second-order valence-electron chi connectivity index (χ2n) is 1.99. The van der Waals surface area contributed by atoms with E-state index in [0.29, 0.717) is 10.3 Å². The molecule has 10 heavy (non-hydrogen) atoms. The summed E-state index contributed by atoms with van der Waals surface area (Å²) in [7, 11) is 0. The Morgan fingerprint density at radius 1 is 1.30 bits per heavy atom.